The summed E-state index contributed by atoms with van der Waals surface area (Å²) >= 11 is 0. The number of hydrogen-bond acceptors (Lipinski definition) is 5. The van der Waals surface area contributed by atoms with Gasteiger partial charge in [-0.3, -0.25) is 4.31 Å². The largest absolute Gasteiger partial charge is 0.457 e. The van der Waals surface area contributed by atoms with Gasteiger partial charge in [0, 0.05) is 11.6 Å². The van der Waals surface area contributed by atoms with Crippen molar-refractivity contribution in [1.82, 2.24) is 0 Å². The van der Waals surface area contributed by atoms with Gasteiger partial charge < -0.3 is 4.74 Å². The predicted molar refractivity (Wildman–Crippen MR) is 116 cm³/mol. The molecule has 3 aromatic carbocycles. The average Bonchev–Trinajstić information content (AvgIpc) is 3.14. The molecule has 0 saturated carbocycles. The molecule has 0 aromatic heterocycles. The van der Waals surface area contributed by atoms with Gasteiger partial charge in [0.05, 0.1) is 27.8 Å². The number of hydrogen-bond donors (Lipinski definition) is 0. The van der Waals surface area contributed by atoms with E-state index < -0.39 is 16.0 Å². The topological polar surface area (TPSA) is 87.5 Å². The fourth-order valence-corrected chi connectivity index (χ4v) is 5.52. The quantitative estimate of drug-likeness (QED) is 0.568. The monoisotopic (exact) mass is 432 g/mol. The fourth-order valence-electron chi connectivity index (χ4n) is 3.78. The van der Waals surface area contributed by atoms with E-state index in [1.165, 1.54) is 28.6 Å². The van der Waals surface area contributed by atoms with Crippen molar-refractivity contribution < 1.29 is 17.9 Å². The zero-order valence-corrected chi connectivity index (χ0v) is 17.7. The summed E-state index contributed by atoms with van der Waals surface area (Å²) in [6.45, 7) is 1.79. The number of carbonyl (C=O) groups excluding carboxylic acids is 1. The minimum Gasteiger partial charge on any atom is -0.457 e. The summed E-state index contributed by atoms with van der Waals surface area (Å²) in [6, 6.07) is 21.9. The molecule has 3 aromatic rings. The van der Waals surface area contributed by atoms with E-state index in [1.807, 2.05) is 25.1 Å². The van der Waals surface area contributed by atoms with Gasteiger partial charge in [-0.2, -0.15) is 5.26 Å². The van der Waals surface area contributed by atoms with Gasteiger partial charge >= 0.3 is 5.97 Å². The highest BCUT2D eigenvalue weighted by Crippen LogP contribution is 2.36. The van der Waals surface area contributed by atoms with Crippen molar-refractivity contribution in [3.63, 3.8) is 0 Å². The molecule has 1 aliphatic heterocycles. The lowest BCUT2D eigenvalue weighted by Gasteiger charge is -2.24. The second-order valence-electron chi connectivity index (χ2n) is 7.36. The molecule has 7 heteroatoms. The molecule has 0 aliphatic carbocycles. The van der Waals surface area contributed by atoms with Gasteiger partial charge in [-0.05, 0) is 49.2 Å². The zero-order chi connectivity index (χ0) is 22.0. The van der Waals surface area contributed by atoms with Crippen LogP contribution in [0.1, 0.15) is 34.0 Å². The highest BCUT2D eigenvalue weighted by atomic mass is 32.2. The van der Waals surface area contributed by atoms with Crippen molar-refractivity contribution in [3.05, 3.63) is 95.1 Å². The number of fused-ring (bicyclic) bond motifs is 1. The first-order valence-corrected chi connectivity index (χ1v) is 11.2. The van der Waals surface area contributed by atoms with Crippen LogP contribution in [0.3, 0.4) is 0 Å². The molecule has 156 valence electrons. The summed E-state index contributed by atoms with van der Waals surface area (Å²) in [5.74, 6) is -0.653. The molecule has 0 N–H and O–H groups in total. The van der Waals surface area contributed by atoms with E-state index in [0.717, 1.165) is 5.56 Å². The van der Waals surface area contributed by atoms with Crippen molar-refractivity contribution in [2.75, 3.05) is 4.31 Å². The lowest BCUT2D eigenvalue weighted by molar-refractivity contribution is 0.0472. The third-order valence-corrected chi connectivity index (χ3v) is 7.19. The Morgan fingerprint density at radius 1 is 1.10 bits per heavy atom. The first kappa shape index (κ1) is 20.6. The second-order valence-corrected chi connectivity index (χ2v) is 9.17. The van der Waals surface area contributed by atoms with E-state index in [9.17, 15) is 13.2 Å². The predicted octanol–water partition coefficient (Wildman–Crippen LogP) is 4.06. The zero-order valence-electron chi connectivity index (χ0n) is 16.9. The van der Waals surface area contributed by atoms with Gasteiger partial charge in [0.1, 0.15) is 6.61 Å². The molecule has 0 fully saturated rings. The van der Waals surface area contributed by atoms with Gasteiger partial charge in [0.25, 0.3) is 10.0 Å². The molecule has 1 heterocycles. The number of sulfonamides is 1. The summed E-state index contributed by atoms with van der Waals surface area (Å²) in [6.07, 6.45) is 0.634. The lowest BCUT2D eigenvalue weighted by atomic mass is 10.1. The maximum atomic E-state index is 13.4. The summed E-state index contributed by atoms with van der Waals surface area (Å²) in [4.78, 5) is 12.6. The van der Waals surface area contributed by atoms with Crippen LogP contribution < -0.4 is 4.31 Å². The van der Waals surface area contributed by atoms with Gasteiger partial charge in [0.15, 0.2) is 0 Å². The van der Waals surface area contributed by atoms with Crippen LogP contribution in [0.2, 0.25) is 0 Å². The maximum Gasteiger partial charge on any atom is 0.338 e. The van der Waals surface area contributed by atoms with Crippen molar-refractivity contribution in [2.45, 2.75) is 30.9 Å². The SMILES string of the molecule is CC1Cc2ccccc2N1S(=O)(=O)c1cccc(C(=O)OCc2ccccc2C#N)c1. The number of rotatable bonds is 5. The molecule has 1 aliphatic rings. The van der Waals surface area contributed by atoms with Crippen LogP contribution in [0.25, 0.3) is 0 Å². The first-order chi connectivity index (χ1) is 14.9. The summed E-state index contributed by atoms with van der Waals surface area (Å²) in [5.41, 5.74) is 2.79. The van der Waals surface area contributed by atoms with Crippen LogP contribution in [0.15, 0.2) is 77.7 Å². The van der Waals surface area contributed by atoms with E-state index in [4.69, 9.17) is 10.00 Å². The number of anilines is 1. The normalized spacial score (nSPS) is 15.2. The molecule has 31 heavy (non-hydrogen) atoms. The van der Waals surface area contributed by atoms with E-state index >= 15 is 0 Å². The standard InChI is InChI=1S/C24H20N2O4S/c1-17-13-18-7-4-5-12-23(18)26(17)31(28,29)22-11-6-10-19(14-22)24(27)30-16-21-9-3-2-8-20(21)15-25/h2-12,14,17H,13,16H2,1H3. The van der Waals surface area contributed by atoms with Crippen molar-refractivity contribution in [1.29, 1.82) is 5.26 Å². The molecule has 1 unspecified atom stereocenters. The second kappa shape index (κ2) is 8.25. The molecule has 0 spiro atoms. The van der Waals surface area contributed by atoms with Crippen molar-refractivity contribution in [2.24, 2.45) is 0 Å². The minimum absolute atomic E-state index is 0.0305. The first-order valence-electron chi connectivity index (χ1n) is 9.79. The van der Waals surface area contributed by atoms with Crippen LogP contribution in [-0.4, -0.2) is 20.4 Å². The van der Waals surface area contributed by atoms with Crippen LogP contribution in [0.4, 0.5) is 5.69 Å². The van der Waals surface area contributed by atoms with E-state index in [2.05, 4.69) is 6.07 Å². The van der Waals surface area contributed by atoms with Crippen LogP contribution in [-0.2, 0) is 27.8 Å². The van der Waals surface area contributed by atoms with Crippen LogP contribution in [0.5, 0.6) is 0 Å². The summed E-state index contributed by atoms with van der Waals surface area (Å²) < 4.78 is 33.5. The number of carbonyl (C=O) groups is 1. The van der Waals surface area contributed by atoms with Crippen LogP contribution in [0, 0.1) is 11.3 Å². The van der Waals surface area contributed by atoms with Crippen molar-refractivity contribution in [3.8, 4) is 6.07 Å². The minimum atomic E-state index is -3.85. The lowest BCUT2D eigenvalue weighted by Crippen LogP contribution is -2.35. The fraction of sp³-hybridized carbons (Fsp3) is 0.167. The molecular formula is C24H20N2O4S. The average molecular weight is 433 g/mol. The van der Waals surface area contributed by atoms with Crippen LogP contribution >= 0.6 is 0 Å². The molecule has 6 nitrogen and oxygen atoms in total. The Labute approximate surface area is 181 Å². The number of nitrogens with zero attached hydrogens (tertiary/aromatic N) is 2. The maximum absolute atomic E-state index is 13.4. The summed E-state index contributed by atoms with van der Waals surface area (Å²) in [5, 5.41) is 9.16. The van der Waals surface area contributed by atoms with Gasteiger partial charge in [0.2, 0.25) is 0 Å². The van der Waals surface area contributed by atoms with Gasteiger partial charge in [-0.1, -0.05) is 42.5 Å². The smallest absolute Gasteiger partial charge is 0.338 e. The molecule has 0 amide bonds. The Balaban J connectivity index is 1.58. The van der Waals surface area contributed by atoms with E-state index in [0.29, 0.717) is 23.2 Å². The number of nitriles is 1. The van der Waals surface area contributed by atoms with Crippen molar-refractivity contribution >= 4 is 21.7 Å². The molecule has 4 rings (SSSR count). The van der Waals surface area contributed by atoms with E-state index in [-0.39, 0.29) is 23.1 Å². The van der Waals surface area contributed by atoms with E-state index in [1.54, 1.807) is 30.3 Å². The number of esters is 1. The molecule has 1 atom stereocenters. The highest BCUT2D eigenvalue weighted by Gasteiger charge is 2.36. The summed E-state index contributed by atoms with van der Waals surface area (Å²) in [7, 11) is -3.85. The number of benzene rings is 3. The molecule has 0 radical (unpaired) electrons. The Kier molecular flexibility index (Phi) is 5.49. The number of para-hydroxylation sites is 1. The Hall–Kier alpha value is -3.63. The molecular weight excluding hydrogens is 412 g/mol. The highest BCUT2D eigenvalue weighted by molar-refractivity contribution is 7.92. The third kappa shape index (κ3) is 3.90. The molecule has 0 bridgehead atoms. The number of ether oxygens (including phenoxy) is 1. The molecule has 0 saturated heterocycles. The Morgan fingerprint density at radius 3 is 2.65 bits per heavy atom. The van der Waals surface area contributed by atoms with Gasteiger partial charge in [-0.25, -0.2) is 13.2 Å². The Bertz CT molecular complexity index is 1290. The third-order valence-electron chi connectivity index (χ3n) is 5.27. The van der Waals surface area contributed by atoms with Gasteiger partial charge in [-0.15, -0.1) is 0 Å². The Morgan fingerprint density at radius 2 is 1.84 bits per heavy atom.